The molecule has 0 fully saturated rings. The van der Waals surface area contributed by atoms with Crippen molar-refractivity contribution in [2.45, 2.75) is 13.3 Å². The molecule has 3 heteroatoms. The number of rotatable bonds is 3. The van der Waals surface area contributed by atoms with Crippen LogP contribution >= 0.6 is 0 Å². The molecule has 104 valence electrons. The summed E-state index contributed by atoms with van der Waals surface area (Å²) in [6.07, 6.45) is 2.93. The Labute approximate surface area is 133 Å². The molecule has 0 atom stereocenters. The first-order valence-corrected chi connectivity index (χ1v) is 6.39. The van der Waals surface area contributed by atoms with E-state index in [0.29, 0.717) is 0 Å². The third-order valence-electron chi connectivity index (χ3n) is 3.15. The quantitative estimate of drug-likeness (QED) is 0.568. The van der Waals surface area contributed by atoms with Crippen molar-refractivity contribution in [1.82, 2.24) is 9.78 Å². The summed E-state index contributed by atoms with van der Waals surface area (Å²) in [7, 11) is 0. The van der Waals surface area contributed by atoms with Crippen molar-refractivity contribution in [2.24, 2.45) is 0 Å². The summed E-state index contributed by atoms with van der Waals surface area (Å²) in [6, 6.07) is 21.5. The molecule has 0 saturated carbocycles. The molecule has 1 heterocycles. The largest absolute Gasteiger partial charge is 0.265 e. The van der Waals surface area contributed by atoms with E-state index in [0.717, 1.165) is 17.8 Å². The summed E-state index contributed by atoms with van der Waals surface area (Å²) in [6.45, 7) is 2.10. The van der Waals surface area contributed by atoms with Gasteiger partial charge in [0.1, 0.15) is 0 Å². The Hall–Kier alpha value is -1.66. The van der Waals surface area contributed by atoms with Gasteiger partial charge in [0, 0.05) is 33.7 Å². The molecule has 0 saturated heterocycles. The molecule has 1 aromatic heterocycles. The Morgan fingerprint density at radius 3 is 2.50 bits per heavy atom. The number of aromatic nitrogens is 2. The van der Waals surface area contributed by atoms with E-state index >= 15 is 0 Å². The Kier molecular flexibility index (Phi) is 4.92. The van der Waals surface area contributed by atoms with Gasteiger partial charge in [0.05, 0.1) is 5.69 Å². The van der Waals surface area contributed by atoms with Crippen LogP contribution in [0.2, 0.25) is 0 Å². The maximum absolute atomic E-state index is 4.66. The maximum Gasteiger partial charge on any atom is 0.0701 e. The van der Waals surface area contributed by atoms with Crippen LogP contribution in [-0.4, -0.2) is 9.78 Å². The predicted molar refractivity (Wildman–Crippen MR) is 76.4 cm³/mol. The van der Waals surface area contributed by atoms with Gasteiger partial charge in [-0.1, -0.05) is 30.3 Å². The molecule has 20 heavy (non-hydrogen) atoms. The zero-order valence-corrected chi connectivity index (χ0v) is 13.5. The number of nitrogens with zero attached hydrogens (tertiary/aromatic N) is 2. The minimum atomic E-state index is 0. The molecule has 0 aliphatic rings. The number of aryl methyl sites for hydroxylation is 1. The fourth-order valence-electron chi connectivity index (χ4n) is 2.11. The van der Waals surface area contributed by atoms with E-state index in [2.05, 4.69) is 48.6 Å². The van der Waals surface area contributed by atoms with E-state index in [-0.39, 0.29) is 21.1 Å². The van der Waals surface area contributed by atoms with Gasteiger partial charge in [-0.15, -0.1) is 6.07 Å². The second-order valence-electron chi connectivity index (χ2n) is 4.61. The van der Waals surface area contributed by atoms with E-state index in [4.69, 9.17) is 0 Å². The molecule has 0 amide bonds. The SMILES string of the molecule is Cc1cn(-c2[c-]cccc2)nc1Cc1ccccc1.[Pt]. The number of hydrogen-bond donors (Lipinski definition) is 0. The van der Waals surface area contributed by atoms with Crippen LogP contribution in [-0.2, 0) is 27.5 Å². The predicted octanol–water partition coefficient (Wildman–Crippen LogP) is 3.57. The van der Waals surface area contributed by atoms with Gasteiger partial charge in [-0.2, -0.15) is 29.4 Å². The van der Waals surface area contributed by atoms with Crippen molar-refractivity contribution in [3.8, 4) is 5.69 Å². The fraction of sp³-hybridized carbons (Fsp3) is 0.118. The van der Waals surface area contributed by atoms with Crippen LogP contribution in [0.1, 0.15) is 16.8 Å². The summed E-state index contributed by atoms with van der Waals surface area (Å²) < 4.78 is 1.90. The van der Waals surface area contributed by atoms with Crippen LogP contribution in [0.15, 0.2) is 60.8 Å². The van der Waals surface area contributed by atoms with Gasteiger partial charge in [0.2, 0.25) is 0 Å². The Morgan fingerprint density at radius 1 is 1.05 bits per heavy atom. The number of benzene rings is 2. The van der Waals surface area contributed by atoms with Gasteiger partial charge < -0.3 is 0 Å². The van der Waals surface area contributed by atoms with Gasteiger partial charge in [-0.3, -0.25) is 4.68 Å². The summed E-state index contributed by atoms with van der Waals surface area (Å²) >= 11 is 0. The average molecular weight is 442 g/mol. The standard InChI is InChI=1S/C17H15N2.Pt/c1-14-13-19(16-10-6-3-7-11-16)18-17(14)12-15-8-4-2-5-9-15;/h2-10,13H,12H2,1H3;/q-1;. The smallest absolute Gasteiger partial charge is 0.0701 e. The first-order chi connectivity index (χ1) is 9.33. The van der Waals surface area contributed by atoms with Gasteiger partial charge in [0.25, 0.3) is 0 Å². The van der Waals surface area contributed by atoms with E-state index in [1.165, 1.54) is 11.1 Å². The molecular weight excluding hydrogens is 427 g/mol. The molecule has 0 bridgehead atoms. The Morgan fingerprint density at radius 2 is 1.80 bits per heavy atom. The zero-order valence-electron chi connectivity index (χ0n) is 11.2. The van der Waals surface area contributed by atoms with Crippen LogP contribution in [0.3, 0.4) is 0 Å². The van der Waals surface area contributed by atoms with E-state index in [1.807, 2.05) is 35.0 Å². The normalized spacial score (nSPS) is 10.1. The minimum Gasteiger partial charge on any atom is -0.265 e. The van der Waals surface area contributed by atoms with Crippen molar-refractivity contribution in [1.29, 1.82) is 0 Å². The van der Waals surface area contributed by atoms with E-state index in [9.17, 15) is 0 Å². The monoisotopic (exact) mass is 442 g/mol. The molecule has 2 nitrogen and oxygen atoms in total. The minimum absolute atomic E-state index is 0. The molecule has 3 rings (SSSR count). The van der Waals surface area contributed by atoms with Crippen LogP contribution in [0.5, 0.6) is 0 Å². The van der Waals surface area contributed by atoms with Gasteiger partial charge in [0.15, 0.2) is 0 Å². The summed E-state index contributed by atoms with van der Waals surface area (Å²) in [5.74, 6) is 0. The molecular formula is C17H15N2Pt-. The molecule has 0 aliphatic heterocycles. The Balaban J connectivity index is 0.00000147. The van der Waals surface area contributed by atoms with Crippen LogP contribution in [0.25, 0.3) is 5.69 Å². The first kappa shape index (κ1) is 14.7. The van der Waals surface area contributed by atoms with E-state index in [1.54, 1.807) is 0 Å². The van der Waals surface area contributed by atoms with Crippen molar-refractivity contribution in [3.63, 3.8) is 0 Å². The summed E-state index contributed by atoms with van der Waals surface area (Å²) in [5, 5.41) is 4.66. The molecule has 0 unspecified atom stereocenters. The first-order valence-electron chi connectivity index (χ1n) is 6.39. The van der Waals surface area contributed by atoms with Crippen LogP contribution in [0, 0.1) is 13.0 Å². The maximum atomic E-state index is 4.66. The molecule has 0 spiro atoms. The molecule has 0 N–H and O–H groups in total. The fourth-order valence-corrected chi connectivity index (χ4v) is 2.11. The van der Waals surface area contributed by atoms with Crippen LogP contribution in [0.4, 0.5) is 0 Å². The van der Waals surface area contributed by atoms with Crippen LogP contribution < -0.4 is 0 Å². The number of para-hydroxylation sites is 1. The second kappa shape index (κ2) is 6.67. The summed E-state index contributed by atoms with van der Waals surface area (Å²) in [5.41, 5.74) is 4.59. The molecule has 2 aromatic carbocycles. The molecule has 0 aliphatic carbocycles. The summed E-state index contributed by atoms with van der Waals surface area (Å²) in [4.78, 5) is 0. The van der Waals surface area contributed by atoms with E-state index < -0.39 is 0 Å². The van der Waals surface area contributed by atoms with Gasteiger partial charge in [-0.05, 0) is 23.7 Å². The zero-order chi connectivity index (χ0) is 13.1. The van der Waals surface area contributed by atoms with Crippen molar-refractivity contribution >= 4 is 0 Å². The number of hydrogen-bond acceptors (Lipinski definition) is 1. The molecule has 0 radical (unpaired) electrons. The third-order valence-corrected chi connectivity index (χ3v) is 3.15. The Bertz CT molecular complexity index is 660. The van der Waals surface area contributed by atoms with Gasteiger partial charge in [-0.25, -0.2) is 0 Å². The third kappa shape index (κ3) is 3.26. The topological polar surface area (TPSA) is 17.8 Å². The van der Waals surface area contributed by atoms with Crippen molar-refractivity contribution < 1.29 is 21.1 Å². The van der Waals surface area contributed by atoms with Crippen molar-refractivity contribution in [2.75, 3.05) is 0 Å². The van der Waals surface area contributed by atoms with Crippen molar-refractivity contribution in [3.05, 3.63) is 83.7 Å². The molecule has 3 aromatic rings. The second-order valence-corrected chi connectivity index (χ2v) is 4.61. The van der Waals surface area contributed by atoms with Gasteiger partial charge >= 0.3 is 0 Å². The average Bonchev–Trinajstić information content (AvgIpc) is 2.82.